The molecule has 11 heavy (non-hydrogen) atoms. The number of rotatable bonds is 3. The lowest BCUT2D eigenvalue weighted by Gasteiger charge is -2.16. The molecule has 0 spiro atoms. The molecule has 1 N–H and O–H groups in total. The zero-order valence-corrected chi connectivity index (χ0v) is 7.13. The third kappa shape index (κ3) is 2.30. The average Bonchev–Trinajstić information content (AvgIpc) is 2.07. The van der Waals surface area contributed by atoms with Crippen molar-refractivity contribution in [1.29, 1.82) is 0 Å². The minimum absolute atomic E-state index is 0.525. The molecule has 0 amide bonds. The quantitative estimate of drug-likeness (QED) is 0.672. The molecule has 1 unspecified atom stereocenters. The van der Waals surface area contributed by atoms with Gasteiger partial charge in [0.1, 0.15) is 12.0 Å². The van der Waals surface area contributed by atoms with Gasteiger partial charge in [-0.2, -0.15) is 0 Å². The molecule has 62 valence electrons. The molecule has 1 aliphatic rings. The fourth-order valence-corrected chi connectivity index (χ4v) is 1.15. The summed E-state index contributed by atoms with van der Waals surface area (Å²) in [6, 6.07) is 0. The maximum atomic E-state index is 5.31. The lowest BCUT2D eigenvalue weighted by Crippen LogP contribution is -2.09. The Labute approximate surface area is 67.9 Å². The van der Waals surface area contributed by atoms with Crippen LogP contribution in [0.2, 0.25) is 0 Å². The third-order valence-corrected chi connectivity index (χ3v) is 1.80. The van der Waals surface area contributed by atoms with Gasteiger partial charge in [0.25, 0.3) is 0 Å². The van der Waals surface area contributed by atoms with Gasteiger partial charge in [0.2, 0.25) is 0 Å². The van der Waals surface area contributed by atoms with Crippen LogP contribution in [0.15, 0.2) is 24.4 Å². The lowest BCUT2D eigenvalue weighted by atomic mass is 10.0. The van der Waals surface area contributed by atoms with Crippen molar-refractivity contribution >= 4 is 0 Å². The van der Waals surface area contributed by atoms with E-state index in [-0.39, 0.29) is 0 Å². The lowest BCUT2D eigenvalue weighted by molar-refractivity contribution is 0.278. The minimum Gasteiger partial charge on any atom is -0.466 e. The van der Waals surface area contributed by atoms with E-state index in [1.165, 1.54) is 12.8 Å². The molecule has 0 saturated carbocycles. The molecule has 1 rings (SSSR count). The van der Waals surface area contributed by atoms with Crippen LogP contribution in [0.4, 0.5) is 0 Å². The minimum atomic E-state index is 0.525. The van der Waals surface area contributed by atoms with Crippen LogP contribution in [0.5, 0.6) is 0 Å². The number of allylic oxidation sites excluding steroid dienone is 1. The Kier molecular flexibility index (Phi) is 3.02. The third-order valence-electron chi connectivity index (χ3n) is 1.80. The summed E-state index contributed by atoms with van der Waals surface area (Å²) in [5.74, 6) is 1.56. The normalized spacial score (nSPS) is 18.2. The highest BCUT2D eigenvalue weighted by atomic mass is 16.5. The highest BCUT2D eigenvalue weighted by molar-refractivity contribution is 5.03. The van der Waals surface area contributed by atoms with Gasteiger partial charge in [-0.15, -0.1) is 0 Å². The average molecular weight is 153 g/mol. The Hall–Kier alpha value is -0.920. The summed E-state index contributed by atoms with van der Waals surface area (Å²) in [5.41, 5.74) is 0. The Bertz CT molecular complexity index is 172. The first kappa shape index (κ1) is 8.18. The van der Waals surface area contributed by atoms with E-state index in [4.69, 9.17) is 4.74 Å². The fraction of sp³-hybridized carbons (Fsp3) is 0.556. The zero-order valence-electron chi connectivity index (χ0n) is 7.13. The van der Waals surface area contributed by atoms with Crippen LogP contribution in [0.3, 0.4) is 0 Å². The molecule has 0 bridgehead atoms. The van der Waals surface area contributed by atoms with Crippen LogP contribution in [-0.2, 0) is 4.74 Å². The van der Waals surface area contributed by atoms with E-state index in [2.05, 4.69) is 19.2 Å². The molecule has 0 aliphatic carbocycles. The smallest absolute Gasteiger partial charge is 0.122 e. The van der Waals surface area contributed by atoms with E-state index in [0.29, 0.717) is 5.92 Å². The van der Waals surface area contributed by atoms with Crippen LogP contribution in [0.25, 0.3) is 0 Å². The highest BCUT2D eigenvalue weighted by Gasteiger charge is 2.09. The molecule has 1 aliphatic heterocycles. The Balaban J connectivity index is 2.39. The molecule has 0 aromatic carbocycles. The van der Waals surface area contributed by atoms with Crippen LogP contribution in [0, 0.1) is 5.92 Å². The summed E-state index contributed by atoms with van der Waals surface area (Å²) >= 11 is 0. The summed E-state index contributed by atoms with van der Waals surface area (Å²) in [4.78, 5) is 0. The predicted octanol–water partition coefficient (Wildman–Crippen LogP) is 2.36. The van der Waals surface area contributed by atoms with Gasteiger partial charge in [0.05, 0.1) is 0 Å². The topological polar surface area (TPSA) is 21.3 Å². The Morgan fingerprint density at radius 3 is 3.00 bits per heavy atom. The van der Waals surface area contributed by atoms with E-state index >= 15 is 0 Å². The molecule has 0 saturated heterocycles. The van der Waals surface area contributed by atoms with Gasteiger partial charge in [-0.3, -0.25) is 0 Å². The molecule has 0 fully saturated rings. The van der Waals surface area contributed by atoms with E-state index in [1.54, 1.807) is 12.5 Å². The SMILES string of the molecule is CCCC(C)C1=CNC=CO1. The second-order valence-electron chi connectivity index (χ2n) is 2.82. The second-order valence-corrected chi connectivity index (χ2v) is 2.82. The summed E-state index contributed by atoms with van der Waals surface area (Å²) in [5, 5.41) is 3.01. The number of hydrogen-bond donors (Lipinski definition) is 1. The first-order valence-corrected chi connectivity index (χ1v) is 4.12. The van der Waals surface area contributed by atoms with Crippen molar-refractivity contribution in [3.05, 3.63) is 24.4 Å². The van der Waals surface area contributed by atoms with Crippen LogP contribution >= 0.6 is 0 Å². The van der Waals surface area contributed by atoms with E-state index in [0.717, 1.165) is 5.76 Å². The van der Waals surface area contributed by atoms with Crippen LogP contribution in [-0.4, -0.2) is 0 Å². The van der Waals surface area contributed by atoms with Gasteiger partial charge >= 0.3 is 0 Å². The maximum Gasteiger partial charge on any atom is 0.122 e. The van der Waals surface area contributed by atoms with E-state index < -0.39 is 0 Å². The molecular formula is C9H15NO. The molecular weight excluding hydrogens is 138 g/mol. The second kappa shape index (κ2) is 4.06. The van der Waals surface area contributed by atoms with Crippen molar-refractivity contribution in [2.75, 3.05) is 0 Å². The standard InChI is InChI=1S/C9H15NO/c1-3-4-8(2)9-7-10-5-6-11-9/h5-8,10H,3-4H2,1-2H3. The molecule has 0 radical (unpaired) electrons. The number of nitrogens with one attached hydrogen (secondary N) is 1. The summed E-state index contributed by atoms with van der Waals surface area (Å²) in [6.45, 7) is 4.36. The van der Waals surface area contributed by atoms with Crippen molar-refractivity contribution in [1.82, 2.24) is 5.32 Å². The van der Waals surface area contributed by atoms with Crippen LogP contribution in [0.1, 0.15) is 26.7 Å². The zero-order chi connectivity index (χ0) is 8.10. The molecule has 2 nitrogen and oxygen atoms in total. The van der Waals surface area contributed by atoms with Gasteiger partial charge in [0, 0.05) is 18.3 Å². The van der Waals surface area contributed by atoms with Gasteiger partial charge in [-0.05, 0) is 6.42 Å². The van der Waals surface area contributed by atoms with Gasteiger partial charge in [0.15, 0.2) is 0 Å². The number of ether oxygens (including phenoxy) is 1. The van der Waals surface area contributed by atoms with Crippen molar-refractivity contribution in [2.24, 2.45) is 5.92 Å². The van der Waals surface area contributed by atoms with Crippen LogP contribution < -0.4 is 5.32 Å². The monoisotopic (exact) mass is 153 g/mol. The van der Waals surface area contributed by atoms with E-state index in [9.17, 15) is 0 Å². The first-order valence-electron chi connectivity index (χ1n) is 4.12. The highest BCUT2D eigenvalue weighted by Crippen LogP contribution is 2.18. The number of hydrogen-bond acceptors (Lipinski definition) is 2. The Morgan fingerprint density at radius 2 is 2.45 bits per heavy atom. The molecule has 2 heteroatoms. The van der Waals surface area contributed by atoms with Gasteiger partial charge in [-0.25, -0.2) is 0 Å². The fourth-order valence-electron chi connectivity index (χ4n) is 1.15. The maximum absolute atomic E-state index is 5.31. The van der Waals surface area contributed by atoms with Crippen molar-refractivity contribution in [3.8, 4) is 0 Å². The van der Waals surface area contributed by atoms with Gasteiger partial charge < -0.3 is 10.1 Å². The molecule has 1 heterocycles. The Morgan fingerprint density at radius 1 is 1.64 bits per heavy atom. The molecule has 0 aromatic rings. The molecule has 1 atom stereocenters. The summed E-state index contributed by atoms with van der Waals surface area (Å²) in [6.07, 6.45) is 7.76. The largest absolute Gasteiger partial charge is 0.466 e. The van der Waals surface area contributed by atoms with Gasteiger partial charge in [-0.1, -0.05) is 20.3 Å². The first-order chi connectivity index (χ1) is 5.34. The van der Waals surface area contributed by atoms with Crippen molar-refractivity contribution in [3.63, 3.8) is 0 Å². The summed E-state index contributed by atoms with van der Waals surface area (Å²) in [7, 11) is 0. The predicted molar refractivity (Wildman–Crippen MR) is 45.5 cm³/mol. The van der Waals surface area contributed by atoms with Crippen molar-refractivity contribution in [2.45, 2.75) is 26.7 Å². The van der Waals surface area contributed by atoms with E-state index in [1.807, 2.05) is 6.20 Å². The molecule has 0 aromatic heterocycles. The summed E-state index contributed by atoms with van der Waals surface area (Å²) < 4.78 is 5.31. The van der Waals surface area contributed by atoms with Crippen molar-refractivity contribution < 1.29 is 4.74 Å².